The Kier molecular flexibility index (Phi) is 5.47. The fraction of sp³-hybridized carbons (Fsp3) is 0.533. The van der Waals surface area contributed by atoms with Crippen molar-refractivity contribution < 1.29 is 14.3 Å². The Bertz CT molecular complexity index is 518. The van der Waals surface area contributed by atoms with Crippen LogP contribution in [0.2, 0.25) is 0 Å². The maximum Gasteiger partial charge on any atom is 0.239 e. The minimum absolute atomic E-state index is 0.122. The second-order valence-electron chi connectivity index (χ2n) is 4.91. The number of likely N-dealkylation sites (N-methyl/N-ethyl adjacent to an activating group) is 1. The molecule has 116 valence electrons. The number of benzene rings is 1. The number of rotatable bonds is 6. The molecular formula is C15H21BrN2O3. The third kappa shape index (κ3) is 3.68. The van der Waals surface area contributed by atoms with Gasteiger partial charge in [-0.25, -0.2) is 0 Å². The van der Waals surface area contributed by atoms with Crippen molar-refractivity contribution in [2.45, 2.75) is 33.4 Å². The molecule has 21 heavy (non-hydrogen) atoms. The summed E-state index contributed by atoms with van der Waals surface area (Å²) in [7, 11) is 0. The summed E-state index contributed by atoms with van der Waals surface area (Å²) in [6.07, 6.45) is 0. The van der Waals surface area contributed by atoms with E-state index in [1.165, 1.54) is 0 Å². The maximum atomic E-state index is 12.2. The van der Waals surface area contributed by atoms with Crippen molar-refractivity contribution in [3.63, 3.8) is 0 Å². The van der Waals surface area contributed by atoms with Crippen molar-refractivity contribution >= 4 is 21.8 Å². The van der Waals surface area contributed by atoms with Crippen molar-refractivity contribution in [3.05, 3.63) is 22.2 Å². The predicted molar refractivity (Wildman–Crippen MR) is 84.5 cm³/mol. The fourth-order valence-corrected chi connectivity index (χ4v) is 2.72. The Morgan fingerprint density at radius 1 is 1.33 bits per heavy atom. The van der Waals surface area contributed by atoms with Gasteiger partial charge in [0.05, 0.1) is 6.04 Å². The van der Waals surface area contributed by atoms with Crippen LogP contribution in [0.1, 0.15) is 26.3 Å². The number of carbonyl (C=O) groups excluding carboxylic acids is 1. The Morgan fingerprint density at radius 2 is 1.95 bits per heavy atom. The van der Waals surface area contributed by atoms with Crippen LogP contribution in [0.15, 0.2) is 16.6 Å². The molecule has 1 N–H and O–H groups in total. The summed E-state index contributed by atoms with van der Waals surface area (Å²) < 4.78 is 11.6. The summed E-state index contributed by atoms with van der Waals surface area (Å²) >= 11 is 3.52. The molecule has 0 saturated carbocycles. The van der Waals surface area contributed by atoms with Gasteiger partial charge in [0, 0.05) is 24.1 Å². The fourth-order valence-electron chi connectivity index (χ4n) is 2.25. The van der Waals surface area contributed by atoms with Gasteiger partial charge in [0.25, 0.3) is 0 Å². The number of hydrogen-bond donors (Lipinski definition) is 1. The molecule has 1 aromatic rings. The Hall–Kier alpha value is -1.27. The number of nitrogens with zero attached hydrogens (tertiary/aromatic N) is 1. The van der Waals surface area contributed by atoms with Gasteiger partial charge in [-0.15, -0.1) is 0 Å². The smallest absolute Gasteiger partial charge is 0.239 e. The highest BCUT2D eigenvalue weighted by atomic mass is 79.9. The lowest BCUT2D eigenvalue weighted by molar-refractivity contribution is -0.132. The van der Waals surface area contributed by atoms with E-state index in [4.69, 9.17) is 9.47 Å². The van der Waals surface area contributed by atoms with Crippen LogP contribution >= 0.6 is 15.9 Å². The first-order valence-corrected chi connectivity index (χ1v) is 7.96. The lowest BCUT2D eigenvalue weighted by Gasteiger charge is -2.23. The molecule has 6 heteroatoms. The monoisotopic (exact) mass is 356 g/mol. The average molecular weight is 357 g/mol. The maximum absolute atomic E-state index is 12.2. The molecule has 1 atom stereocenters. The molecule has 0 saturated heterocycles. The van der Waals surface area contributed by atoms with Crippen LogP contribution in [0.5, 0.6) is 11.5 Å². The van der Waals surface area contributed by atoms with E-state index in [1.807, 2.05) is 37.8 Å². The number of carbonyl (C=O) groups is 1. The van der Waals surface area contributed by atoms with Crippen molar-refractivity contribution in [2.75, 3.05) is 19.9 Å². The van der Waals surface area contributed by atoms with E-state index in [1.54, 1.807) is 0 Å². The van der Waals surface area contributed by atoms with Crippen molar-refractivity contribution in [1.82, 2.24) is 10.2 Å². The van der Waals surface area contributed by atoms with Gasteiger partial charge in [-0.1, -0.05) is 15.9 Å². The van der Waals surface area contributed by atoms with E-state index in [0.29, 0.717) is 6.54 Å². The standard InChI is InChI=1S/C15H21BrN2O3/c1-4-18(5-2)15(19)10(3)17-8-11-6-13-14(7-12(11)16)21-9-20-13/h6-7,10,17H,4-5,8-9H2,1-3H3. The molecule has 0 aliphatic carbocycles. The van der Waals surface area contributed by atoms with Crippen LogP contribution < -0.4 is 14.8 Å². The molecule has 0 aromatic heterocycles. The van der Waals surface area contributed by atoms with Gasteiger partial charge in [0.2, 0.25) is 12.7 Å². The minimum atomic E-state index is -0.220. The minimum Gasteiger partial charge on any atom is -0.454 e. The first kappa shape index (κ1) is 16.1. The molecule has 5 nitrogen and oxygen atoms in total. The molecule has 0 spiro atoms. The van der Waals surface area contributed by atoms with E-state index in [-0.39, 0.29) is 18.7 Å². The topological polar surface area (TPSA) is 50.8 Å². The highest BCUT2D eigenvalue weighted by molar-refractivity contribution is 9.10. The first-order chi connectivity index (χ1) is 10.1. The summed E-state index contributed by atoms with van der Waals surface area (Å²) in [4.78, 5) is 14.0. The highest BCUT2D eigenvalue weighted by Gasteiger charge is 2.19. The van der Waals surface area contributed by atoms with Gasteiger partial charge in [0.1, 0.15) is 0 Å². The molecule has 1 aliphatic rings. The van der Waals surface area contributed by atoms with Gasteiger partial charge >= 0.3 is 0 Å². The summed E-state index contributed by atoms with van der Waals surface area (Å²) in [5.41, 5.74) is 1.04. The summed E-state index contributed by atoms with van der Waals surface area (Å²) in [6.45, 7) is 8.18. The highest BCUT2D eigenvalue weighted by Crippen LogP contribution is 2.36. The normalized spacial score (nSPS) is 14.1. The van der Waals surface area contributed by atoms with Gasteiger partial charge in [-0.05, 0) is 38.5 Å². The molecule has 0 radical (unpaired) electrons. The molecule has 2 rings (SSSR count). The zero-order chi connectivity index (χ0) is 15.4. The van der Waals surface area contributed by atoms with Crippen molar-refractivity contribution in [1.29, 1.82) is 0 Å². The van der Waals surface area contributed by atoms with Crippen LogP contribution in [-0.4, -0.2) is 36.7 Å². The summed E-state index contributed by atoms with van der Waals surface area (Å²) in [6, 6.07) is 3.62. The van der Waals surface area contributed by atoms with E-state index in [9.17, 15) is 4.79 Å². The van der Waals surface area contributed by atoms with Gasteiger partial charge in [-0.3, -0.25) is 4.79 Å². The zero-order valence-electron chi connectivity index (χ0n) is 12.6. The van der Waals surface area contributed by atoms with Crippen molar-refractivity contribution in [3.8, 4) is 11.5 Å². The average Bonchev–Trinajstić information content (AvgIpc) is 2.92. The molecule has 1 aromatic carbocycles. The third-order valence-corrected chi connectivity index (χ3v) is 4.32. The quantitative estimate of drug-likeness (QED) is 0.850. The molecule has 0 bridgehead atoms. The van der Waals surface area contributed by atoms with E-state index in [0.717, 1.165) is 34.6 Å². The van der Waals surface area contributed by atoms with Gasteiger partial charge in [-0.2, -0.15) is 0 Å². The predicted octanol–water partition coefficient (Wildman–Crippen LogP) is 2.52. The summed E-state index contributed by atoms with van der Waals surface area (Å²) in [5, 5.41) is 3.26. The number of halogens is 1. The molecule has 1 heterocycles. The second kappa shape index (κ2) is 7.13. The second-order valence-corrected chi connectivity index (χ2v) is 5.76. The Labute approximate surface area is 133 Å². The number of ether oxygens (including phenoxy) is 2. The SMILES string of the molecule is CCN(CC)C(=O)C(C)NCc1cc2c(cc1Br)OCO2. The first-order valence-electron chi connectivity index (χ1n) is 7.17. The van der Waals surface area contributed by atoms with Crippen LogP contribution in [0.3, 0.4) is 0 Å². The van der Waals surface area contributed by atoms with Crippen LogP contribution in [-0.2, 0) is 11.3 Å². The lowest BCUT2D eigenvalue weighted by atomic mass is 10.2. The van der Waals surface area contributed by atoms with Crippen LogP contribution in [0.25, 0.3) is 0 Å². The van der Waals surface area contributed by atoms with E-state index >= 15 is 0 Å². The number of hydrogen-bond acceptors (Lipinski definition) is 4. The van der Waals surface area contributed by atoms with E-state index in [2.05, 4.69) is 21.2 Å². The van der Waals surface area contributed by atoms with Crippen molar-refractivity contribution in [2.24, 2.45) is 0 Å². The van der Waals surface area contributed by atoms with E-state index < -0.39 is 0 Å². The molecule has 0 fully saturated rings. The number of nitrogens with one attached hydrogen (secondary N) is 1. The molecule has 1 amide bonds. The number of amides is 1. The summed E-state index contributed by atoms with van der Waals surface area (Å²) in [5.74, 6) is 1.62. The lowest BCUT2D eigenvalue weighted by Crippen LogP contribution is -2.44. The van der Waals surface area contributed by atoms with Gasteiger partial charge in [0.15, 0.2) is 11.5 Å². The zero-order valence-corrected chi connectivity index (χ0v) is 14.2. The molecule has 1 unspecified atom stereocenters. The molecule has 1 aliphatic heterocycles. The van der Waals surface area contributed by atoms with Crippen LogP contribution in [0.4, 0.5) is 0 Å². The third-order valence-electron chi connectivity index (χ3n) is 3.59. The Balaban J connectivity index is 1.98. The van der Waals surface area contributed by atoms with Gasteiger partial charge < -0.3 is 19.7 Å². The number of fused-ring (bicyclic) bond motifs is 1. The Morgan fingerprint density at radius 3 is 2.57 bits per heavy atom. The molecular weight excluding hydrogens is 336 g/mol. The largest absolute Gasteiger partial charge is 0.454 e. The van der Waals surface area contributed by atoms with Crippen LogP contribution in [0, 0.1) is 0 Å².